The molecule has 0 aliphatic heterocycles. The molecule has 88 valence electrons. The summed E-state index contributed by atoms with van der Waals surface area (Å²) in [7, 11) is -4.19. The molecular weight excluding hydrogens is 234 g/mol. The molecule has 0 unspecified atom stereocenters. The first-order valence-electron chi connectivity index (χ1n) is 4.41. The average Bonchev–Trinajstić information content (AvgIpc) is 2.25. The molecule has 0 saturated heterocycles. The second-order valence-electron chi connectivity index (χ2n) is 3.08. The van der Waals surface area contributed by atoms with E-state index >= 15 is 0 Å². The van der Waals surface area contributed by atoms with Gasteiger partial charge in [0.25, 0.3) is 16.0 Å². The van der Waals surface area contributed by atoms with E-state index in [0.717, 1.165) is 0 Å². The van der Waals surface area contributed by atoms with Crippen LogP contribution in [0.15, 0.2) is 30.3 Å². The van der Waals surface area contributed by atoms with Gasteiger partial charge in [0.1, 0.15) is 0 Å². The summed E-state index contributed by atoms with van der Waals surface area (Å²) in [4.78, 5) is 11.5. The van der Waals surface area contributed by atoms with Crippen LogP contribution in [0.25, 0.3) is 0 Å². The number of hydroxylamine groups is 2. The summed E-state index contributed by atoms with van der Waals surface area (Å²) in [6, 6.07) is 7.91. The molecule has 16 heavy (non-hydrogen) atoms. The van der Waals surface area contributed by atoms with Crippen LogP contribution in [0.3, 0.4) is 0 Å². The van der Waals surface area contributed by atoms with Crippen molar-refractivity contribution in [3.63, 3.8) is 0 Å². The molecule has 0 fully saturated rings. The van der Waals surface area contributed by atoms with Crippen LogP contribution < -0.4 is 0 Å². The van der Waals surface area contributed by atoms with Gasteiger partial charge in [0, 0.05) is 5.56 Å². The Hall–Kier alpha value is -1.44. The fraction of sp³-hybridized carbons (Fsp3) is 0.222. The molecule has 1 aromatic rings. The van der Waals surface area contributed by atoms with Crippen LogP contribution in [0.1, 0.15) is 10.4 Å². The van der Waals surface area contributed by atoms with E-state index in [9.17, 15) is 18.4 Å². The maximum absolute atomic E-state index is 11.5. The number of amides is 1. The molecule has 2 N–H and O–H groups in total. The molecule has 7 heteroatoms. The lowest BCUT2D eigenvalue weighted by atomic mass is 10.2. The zero-order chi connectivity index (χ0) is 12.2. The molecule has 1 aromatic carbocycles. The number of hydrogen-bond donors (Lipinski definition) is 2. The Balaban J connectivity index is 2.62. The lowest BCUT2D eigenvalue weighted by Gasteiger charge is -2.13. The van der Waals surface area contributed by atoms with Crippen molar-refractivity contribution in [1.29, 1.82) is 0 Å². The Labute approximate surface area is 92.8 Å². The molecule has 0 bridgehead atoms. The first-order valence-corrected chi connectivity index (χ1v) is 6.02. The van der Waals surface area contributed by atoms with Crippen LogP contribution in [-0.2, 0) is 10.1 Å². The highest BCUT2D eigenvalue weighted by Gasteiger charge is 2.15. The van der Waals surface area contributed by atoms with Crippen LogP contribution in [0.2, 0.25) is 0 Å². The quantitative estimate of drug-likeness (QED) is 0.455. The molecule has 0 aliphatic rings. The number of carbonyl (C=O) groups is 1. The topological polar surface area (TPSA) is 94.9 Å². The van der Waals surface area contributed by atoms with Crippen LogP contribution in [0.4, 0.5) is 0 Å². The minimum Gasteiger partial charge on any atom is -0.286 e. The van der Waals surface area contributed by atoms with Gasteiger partial charge in [-0.05, 0) is 12.1 Å². The molecule has 0 saturated carbocycles. The van der Waals surface area contributed by atoms with Gasteiger partial charge in [0.05, 0.1) is 12.3 Å². The highest BCUT2D eigenvalue weighted by atomic mass is 32.2. The summed E-state index contributed by atoms with van der Waals surface area (Å²) in [5.74, 6) is -1.42. The highest BCUT2D eigenvalue weighted by Crippen LogP contribution is 2.02. The summed E-state index contributed by atoms with van der Waals surface area (Å²) in [5.41, 5.74) is 0.236. The summed E-state index contributed by atoms with van der Waals surface area (Å²) in [6.45, 7) is -0.480. The third kappa shape index (κ3) is 3.97. The second kappa shape index (κ2) is 5.06. The van der Waals surface area contributed by atoms with Gasteiger partial charge < -0.3 is 0 Å². The zero-order valence-electron chi connectivity index (χ0n) is 8.28. The SMILES string of the molecule is O=C(c1ccccc1)N(O)CCS(=O)(=O)O. The number of rotatable bonds is 4. The van der Waals surface area contributed by atoms with E-state index in [1.165, 1.54) is 12.1 Å². The zero-order valence-corrected chi connectivity index (χ0v) is 9.09. The summed E-state index contributed by atoms with van der Waals surface area (Å²) >= 11 is 0. The Morgan fingerprint density at radius 1 is 1.25 bits per heavy atom. The van der Waals surface area contributed by atoms with Gasteiger partial charge in [-0.2, -0.15) is 8.42 Å². The fourth-order valence-electron chi connectivity index (χ4n) is 1.03. The van der Waals surface area contributed by atoms with Crippen LogP contribution in [0.5, 0.6) is 0 Å². The summed E-state index contributed by atoms with van der Waals surface area (Å²) < 4.78 is 29.2. The van der Waals surface area contributed by atoms with E-state index in [2.05, 4.69) is 0 Å². The maximum Gasteiger partial charge on any atom is 0.277 e. The van der Waals surface area contributed by atoms with Gasteiger partial charge in [-0.15, -0.1) is 0 Å². The van der Waals surface area contributed by atoms with Crippen molar-refractivity contribution in [3.05, 3.63) is 35.9 Å². The van der Waals surface area contributed by atoms with Crippen molar-refractivity contribution in [2.75, 3.05) is 12.3 Å². The van der Waals surface area contributed by atoms with Crippen molar-refractivity contribution in [2.24, 2.45) is 0 Å². The van der Waals surface area contributed by atoms with E-state index in [1.807, 2.05) is 0 Å². The van der Waals surface area contributed by atoms with Gasteiger partial charge in [-0.25, -0.2) is 5.06 Å². The lowest BCUT2D eigenvalue weighted by Crippen LogP contribution is -2.32. The minimum atomic E-state index is -4.19. The third-order valence-electron chi connectivity index (χ3n) is 1.82. The predicted octanol–water partition coefficient (Wildman–Crippen LogP) is 0.406. The van der Waals surface area contributed by atoms with E-state index in [4.69, 9.17) is 4.55 Å². The summed E-state index contributed by atoms with van der Waals surface area (Å²) in [5, 5.41) is 9.50. The molecule has 0 atom stereocenters. The first kappa shape index (κ1) is 12.6. The number of carbonyl (C=O) groups excluding carboxylic acids is 1. The van der Waals surface area contributed by atoms with Crippen molar-refractivity contribution >= 4 is 16.0 Å². The molecule has 1 amide bonds. The van der Waals surface area contributed by atoms with Crippen LogP contribution in [0, 0.1) is 0 Å². The Morgan fingerprint density at radius 2 is 1.81 bits per heavy atom. The van der Waals surface area contributed by atoms with Gasteiger partial charge in [-0.1, -0.05) is 18.2 Å². The largest absolute Gasteiger partial charge is 0.286 e. The molecule has 0 radical (unpaired) electrons. The van der Waals surface area contributed by atoms with E-state index in [-0.39, 0.29) is 10.6 Å². The van der Waals surface area contributed by atoms with Gasteiger partial charge >= 0.3 is 0 Å². The minimum absolute atomic E-state index is 0.236. The van der Waals surface area contributed by atoms with Gasteiger partial charge in [-0.3, -0.25) is 14.6 Å². The van der Waals surface area contributed by atoms with Gasteiger partial charge in [0.15, 0.2) is 0 Å². The molecular formula is C9H11NO5S. The van der Waals surface area contributed by atoms with Gasteiger partial charge in [0.2, 0.25) is 0 Å². The summed E-state index contributed by atoms with van der Waals surface area (Å²) in [6.07, 6.45) is 0. The standard InChI is InChI=1S/C9H11NO5S/c11-9(8-4-2-1-3-5-8)10(12)6-7-16(13,14)15/h1-5,12H,6-7H2,(H,13,14,15). The average molecular weight is 245 g/mol. The Bertz CT molecular complexity index is 456. The Morgan fingerprint density at radius 3 is 2.31 bits per heavy atom. The van der Waals surface area contributed by atoms with E-state index in [1.54, 1.807) is 18.2 Å². The van der Waals surface area contributed by atoms with Crippen molar-refractivity contribution < 1.29 is 23.0 Å². The van der Waals surface area contributed by atoms with E-state index < -0.39 is 28.3 Å². The Kier molecular flexibility index (Phi) is 3.99. The molecule has 0 spiro atoms. The molecule has 1 rings (SSSR count). The monoisotopic (exact) mass is 245 g/mol. The normalized spacial score (nSPS) is 11.1. The van der Waals surface area contributed by atoms with Crippen LogP contribution in [-0.4, -0.2) is 41.4 Å². The lowest BCUT2D eigenvalue weighted by molar-refractivity contribution is -0.0537. The molecule has 6 nitrogen and oxygen atoms in total. The molecule has 0 aromatic heterocycles. The fourth-order valence-corrected chi connectivity index (χ4v) is 1.44. The van der Waals surface area contributed by atoms with Crippen LogP contribution >= 0.6 is 0 Å². The molecule has 0 heterocycles. The first-order chi connectivity index (χ1) is 7.40. The van der Waals surface area contributed by atoms with Crippen molar-refractivity contribution in [1.82, 2.24) is 5.06 Å². The number of benzene rings is 1. The molecule has 0 aliphatic carbocycles. The smallest absolute Gasteiger partial charge is 0.277 e. The van der Waals surface area contributed by atoms with Crippen molar-refractivity contribution in [3.8, 4) is 0 Å². The predicted molar refractivity (Wildman–Crippen MR) is 55.7 cm³/mol. The van der Waals surface area contributed by atoms with Crippen molar-refractivity contribution in [2.45, 2.75) is 0 Å². The second-order valence-corrected chi connectivity index (χ2v) is 4.65. The maximum atomic E-state index is 11.5. The van der Waals surface area contributed by atoms with E-state index in [0.29, 0.717) is 0 Å². The number of hydrogen-bond acceptors (Lipinski definition) is 4. The highest BCUT2D eigenvalue weighted by molar-refractivity contribution is 7.85. The third-order valence-corrected chi connectivity index (χ3v) is 2.51. The number of nitrogens with zero attached hydrogens (tertiary/aromatic N) is 1.